The minimum Gasteiger partial charge on any atom is -0.467 e. The van der Waals surface area contributed by atoms with E-state index in [4.69, 9.17) is 0 Å². The van der Waals surface area contributed by atoms with Crippen molar-refractivity contribution in [1.82, 2.24) is 0 Å². The lowest BCUT2D eigenvalue weighted by molar-refractivity contribution is -0.141. The molecule has 5 nitrogen and oxygen atoms in total. The third kappa shape index (κ3) is 3.76. The van der Waals surface area contributed by atoms with Crippen LogP contribution in [-0.4, -0.2) is 25.0 Å². The van der Waals surface area contributed by atoms with E-state index in [1.165, 1.54) is 14.0 Å². The first kappa shape index (κ1) is 14.0. The molecule has 0 bridgehead atoms. The predicted molar refractivity (Wildman–Crippen MR) is 70.6 cm³/mol. The maximum atomic E-state index is 11.3. The number of rotatable bonds is 4. The van der Waals surface area contributed by atoms with Crippen LogP contribution in [0.5, 0.6) is 0 Å². The highest BCUT2D eigenvalue weighted by Gasteiger charge is 2.13. The zero-order valence-electron chi connectivity index (χ0n) is 11.0. The summed E-state index contributed by atoms with van der Waals surface area (Å²) >= 11 is 0. The molecule has 1 aromatic rings. The first-order valence-electron chi connectivity index (χ1n) is 5.66. The molecular formula is C13H18N2O3. The fourth-order valence-corrected chi connectivity index (χ4v) is 1.52. The van der Waals surface area contributed by atoms with E-state index in [-0.39, 0.29) is 11.9 Å². The van der Waals surface area contributed by atoms with Crippen molar-refractivity contribution >= 4 is 23.3 Å². The normalized spacial score (nSPS) is 11.6. The second-order valence-electron chi connectivity index (χ2n) is 4.10. The van der Waals surface area contributed by atoms with Crippen LogP contribution in [0.1, 0.15) is 19.4 Å². The topological polar surface area (TPSA) is 67.4 Å². The van der Waals surface area contributed by atoms with Gasteiger partial charge in [0.05, 0.1) is 7.11 Å². The summed E-state index contributed by atoms with van der Waals surface area (Å²) in [5, 5.41) is 5.74. The van der Waals surface area contributed by atoms with Crippen molar-refractivity contribution in [1.29, 1.82) is 0 Å². The van der Waals surface area contributed by atoms with Gasteiger partial charge in [0.1, 0.15) is 6.04 Å². The largest absolute Gasteiger partial charge is 0.467 e. The minimum absolute atomic E-state index is 0.128. The van der Waals surface area contributed by atoms with Crippen molar-refractivity contribution in [3.05, 3.63) is 23.8 Å². The smallest absolute Gasteiger partial charge is 0.327 e. The summed E-state index contributed by atoms with van der Waals surface area (Å²) in [6, 6.07) is 5.07. The second-order valence-corrected chi connectivity index (χ2v) is 4.10. The Kier molecular flexibility index (Phi) is 4.71. The molecule has 1 rings (SSSR count). The summed E-state index contributed by atoms with van der Waals surface area (Å²) in [5.41, 5.74) is 2.44. The molecule has 1 aromatic carbocycles. The van der Waals surface area contributed by atoms with Crippen LogP contribution in [0.3, 0.4) is 0 Å². The van der Waals surface area contributed by atoms with Gasteiger partial charge in [0.15, 0.2) is 0 Å². The molecule has 0 saturated heterocycles. The summed E-state index contributed by atoms with van der Waals surface area (Å²) in [6.07, 6.45) is 0. The van der Waals surface area contributed by atoms with E-state index < -0.39 is 6.04 Å². The van der Waals surface area contributed by atoms with Crippen LogP contribution in [0.15, 0.2) is 18.2 Å². The molecule has 5 heteroatoms. The maximum Gasteiger partial charge on any atom is 0.327 e. The SMILES string of the molecule is COC(=O)C(C)Nc1ccc(C)c(NC(C)=O)c1. The maximum absolute atomic E-state index is 11.3. The van der Waals surface area contributed by atoms with Crippen molar-refractivity contribution in [2.75, 3.05) is 17.7 Å². The number of carbonyl (C=O) groups excluding carboxylic acids is 2. The van der Waals surface area contributed by atoms with E-state index in [1.54, 1.807) is 13.0 Å². The van der Waals surface area contributed by atoms with E-state index >= 15 is 0 Å². The van der Waals surface area contributed by atoms with E-state index in [2.05, 4.69) is 15.4 Å². The molecule has 0 aliphatic heterocycles. The predicted octanol–water partition coefficient (Wildman–Crippen LogP) is 1.93. The summed E-state index contributed by atoms with van der Waals surface area (Å²) < 4.78 is 4.63. The Morgan fingerprint density at radius 3 is 2.56 bits per heavy atom. The van der Waals surface area contributed by atoms with Crippen LogP contribution >= 0.6 is 0 Å². The Hall–Kier alpha value is -2.04. The number of anilines is 2. The van der Waals surface area contributed by atoms with Crippen LogP contribution in [0.2, 0.25) is 0 Å². The molecule has 0 radical (unpaired) electrons. The highest BCUT2D eigenvalue weighted by atomic mass is 16.5. The number of hydrogen-bond acceptors (Lipinski definition) is 4. The molecule has 0 aliphatic carbocycles. The number of benzene rings is 1. The van der Waals surface area contributed by atoms with Gasteiger partial charge >= 0.3 is 5.97 Å². The molecule has 1 amide bonds. The average molecular weight is 250 g/mol. The van der Waals surface area contributed by atoms with Gasteiger partial charge in [0, 0.05) is 18.3 Å². The molecule has 18 heavy (non-hydrogen) atoms. The number of aryl methyl sites for hydroxylation is 1. The van der Waals surface area contributed by atoms with Crippen molar-refractivity contribution < 1.29 is 14.3 Å². The van der Waals surface area contributed by atoms with Crippen molar-refractivity contribution in [3.8, 4) is 0 Å². The fraction of sp³-hybridized carbons (Fsp3) is 0.385. The van der Waals surface area contributed by atoms with Gasteiger partial charge in [-0.1, -0.05) is 6.07 Å². The number of ether oxygens (including phenoxy) is 1. The first-order chi connectivity index (χ1) is 8.43. The van der Waals surface area contributed by atoms with Crippen molar-refractivity contribution in [2.24, 2.45) is 0 Å². The molecule has 0 spiro atoms. The summed E-state index contributed by atoms with van der Waals surface area (Å²) in [6.45, 7) is 5.07. The highest BCUT2D eigenvalue weighted by molar-refractivity contribution is 5.90. The van der Waals surface area contributed by atoms with Gasteiger partial charge in [-0.15, -0.1) is 0 Å². The summed E-state index contributed by atoms with van der Waals surface area (Å²) in [4.78, 5) is 22.3. The molecule has 0 heterocycles. The van der Waals surface area contributed by atoms with E-state index in [1.807, 2.05) is 19.1 Å². The van der Waals surface area contributed by atoms with Crippen LogP contribution in [0.4, 0.5) is 11.4 Å². The van der Waals surface area contributed by atoms with Crippen molar-refractivity contribution in [2.45, 2.75) is 26.8 Å². The molecule has 98 valence electrons. The number of methoxy groups -OCH3 is 1. The quantitative estimate of drug-likeness (QED) is 0.801. The van der Waals surface area contributed by atoms with Gasteiger partial charge in [-0.3, -0.25) is 4.79 Å². The van der Waals surface area contributed by atoms with Gasteiger partial charge in [-0.25, -0.2) is 4.79 Å². The van der Waals surface area contributed by atoms with Crippen LogP contribution in [0.25, 0.3) is 0 Å². The molecule has 1 unspecified atom stereocenters. The lowest BCUT2D eigenvalue weighted by atomic mass is 10.1. The number of carbonyl (C=O) groups is 2. The number of amides is 1. The number of nitrogens with one attached hydrogen (secondary N) is 2. The molecule has 0 aliphatic rings. The van der Waals surface area contributed by atoms with Gasteiger partial charge < -0.3 is 15.4 Å². The van der Waals surface area contributed by atoms with Crippen LogP contribution in [-0.2, 0) is 14.3 Å². The van der Waals surface area contributed by atoms with Crippen LogP contribution in [0, 0.1) is 6.92 Å². The third-order valence-electron chi connectivity index (χ3n) is 2.49. The summed E-state index contributed by atoms with van der Waals surface area (Å²) in [7, 11) is 1.35. The Morgan fingerprint density at radius 1 is 1.33 bits per heavy atom. The highest BCUT2D eigenvalue weighted by Crippen LogP contribution is 2.20. The Morgan fingerprint density at radius 2 is 2.00 bits per heavy atom. The minimum atomic E-state index is -0.442. The monoisotopic (exact) mass is 250 g/mol. The average Bonchev–Trinajstić information content (AvgIpc) is 2.31. The molecule has 2 N–H and O–H groups in total. The third-order valence-corrected chi connectivity index (χ3v) is 2.49. The number of esters is 1. The second kappa shape index (κ2) is 6.05. The lowest BCUT2D eigenvalue weighted by Crippen LogP contribution is -2.27. The molecule has 0 aromatic heterocycles. The molecule has 0 saturated carbocycles. The number of hydrogen-bond donors (Lipinski definition) is 2. The fourth-order valence-electron chi connectivity index (χ4n) is 1.52. The standard InChI is InChI=1S/C13H18N2O3/c1-8-5-6-11(7-12(8)15-10(3)16)14-9(2)13(17)18-4/h5-7,9,14H,1-4H3,(H,15,16). The van der Waals surface area contributed by atoms with Gasteiger partial charge in [-0.05, 0) is 31.5 Å². The Bertz CT molecular complexity index is 458. The van der Waals surface area contributed by atoms with Gasteiger partial charge in [0.2, 0.25) is 5.91 Å². The van der Waals surface area contributed by atoms with Crippen molar-refractivity contribution in [3.63, 3.8) is 0 Å². The Labute approximate surface area is 107 Å². The van der Waals surface area contributed by atoms with Crippen LogP contribution < -0.4 is 10.6 Å². The first-order valence-corrected chi connectivity index (χ1v) is 5.66. The van der Waals surface area contributed by atoms with Gasteiger partial charge in [0.25, 0.3) is 0 Å². The zero-order valence-corrected chi connectivity index (χ0v) is 11.0. The molecule has 0 fully saturated rings. The van der Waals surface area contributed by atoms with E-state index in [0.717, 1.165) is 16.9 Å². The molecular weight excluding hydrogens is 232 g/mol. The molecule has 1 atom stereocenters. The van der Waals surface area contributed by atoms with E-state index in [9.17, 15) is 9.59 Å². The summed E-state index contributed by atoms with van der Waals surface area (Å²) in [5.74, 6) is -0.465. The zero-order chi connectivity index (χ0) is 13.7. The lowest BCUT2D eigenvalue weighted by Gasteiger charge is -2.15. The van der Waals surface area contributed by atoms with Gasteiger partial charge in [-0.2, -0.15) is 0 Å². The Balaban J connectivity index is 2.84. The van der Waals surface area contributed by atoms with E-state index in [0.29, 0.717) is 0 Å².